The minimum atomic E-state index is 0.634. The molecule has 0 N–H and O–H groups in total. The highest BCUT2D eigenvalue weighted by atomic mass is 16.5. The molecule has 2 rings (SSSR count). The van der Waals surface area contributed by atoms with Gasteiger partial charge in [0.2, 0.25) is 0 Å². The molecule has 0 spiro atoms. The SMILES string of the molecule is CCN(c1cccc(OC)c1)c1cc(OC)c(OC)cc1OC. The third-order valence-corrected chi connectivity index (χ3v) is 3.66. The van der Waals surface area contributed by atoms with Crippen molar-refractivity contribution in [3.05, 3.63) is 36.4 Å². The van der Waals surface area contributed by atoms with Crippen LogP contribution in [0.2, 0.25) is 0 Å². The summed E-state index contributed by atoms with van der Waals surface area (Å²) >= 11 is 0. The van der Waals surface area contributed by atoms with E-state index in [1.54, 1.807) is 28.4 Å². The van der Waals surface area contributed by atoms with E-state index in [1.165, 1.54) is 0 Å². The van der Waals surface area contributed by atoms with Crippen LogP contribution in [0.1, 0.15) is 6.92 Å². The highest BCUT2D eigenvalue weighted by Gasteiger charge is 2.18. The van der Waals surface area contributed by atoms with Crippen LogP contribution in [0.25, 0.3) is 0 Å². The molecule has 0 fully saturated rings. The number of methoxy groups -OCH3 is 4. The molecule has 5 nitrogen and oxygen atoms in total. The van der Waals surface area contributed by atoms with Crippen molar-refractivity contribution in [2.45, 2.75) is 6.92 Å². The predicted octanol–water partition coefficient (Wildman–Crippen LogP) is 3.88. The van der Waals surface area contributed by atoms with Gasteiger partial charge >= 0.3 is 0 Å². The van der Waals surface area contributed by atoms with E-state index in [9.17, 15) is 0 Å². The number of hydrogen-bond donors (Lipinski definition) is 0. The normalized spacial score (nSPS) is 10.1. The van der Waals surface area contributed by atoms with Gasteiger partial charge in [-0.05, 0) is 19.1 Å². The second-order valence-electron chi connectivity index (χ2n) is 4.82. The van der Waals surface area contributed by atoms with Gasteiger partial charge in [0, 0.05) is 30.4 Å². The molecule has 0 bridgehead atoms. The second kappa shape index (κ2) is 7.63. The Morgan fingerprint density at radius 2 is 1.43 bits per heavy atom. The maximum atomic E-state index is 5.54. The van der Waals surface area contributed by atoms with E-state index in [2.05, 4.69) is 11.8 Å². The Bertz CT molecular complexity index is 657. The molecular weight excluding hydrogens is 294 g/mol. The molecular formula is C18H23NO4. The van der Waals surface area contributed by atoms with E-state index in [4.69, 9.17) is 18.9 Å². The summed E-state index contributed by atoms with van der Waals surface area (Å²) in [6, 6.07) is 11.6. The summed E-state index contributed by atoms with van der Waals surface area (Å²) in [5.41, 5.74) is 1.92. The summed E-state index contributed by atoms with van der Waals surface area (Å²) in [7, 11) is 6.53. The molecule has 0 aromatic heterocycles. The van der Waals surface area contributed by atoms with Crippen LogP contribution in [0.5, 0.6) is 23.0 Å². The molecule has 0 heterocycles. The first kappa shape index (κ1) is 16.8. The fraction of sp³-hybridized carbons (Fsp3) is 0.333. The predicted molar refractivity (Wildman–Crippen MR) is 91.8 cm³/mol. The molecule has 0 aliphatic heterocycles. The highest BCUT2D eigenvalue weighted by molar-refractivity contribution is 5.73. The number of rotatable bonds is 7. The van der Waals surface area contributed by atoms with Crippen molar-refractivity contribution >= 4 is 11.4 Å². The van der Waals surface area contributed by atoms with Crippen molar-refractivity contribution in [2.75, 3.05) is 39.9 Å². The molecule has 0 saturated heterocycles. The molecule has 0 aliphatic rings. The Morgan fingerprint density at radius 1 is 0.783 bits per heavy atom. The van der Waals surface area contributed by atoms with Crippen LogP contribution in [0.4, 0.5) is 11.4 Å². The van der Waals surface area contributed by atoms with Crippen LogP contribution in [0.3, 0.4) is 0 Å². The van der Waals surface area contributed by atoms with Gasteiger partial charge in [-0.2, -0.15) is 0 Å². The number of ether oxygens (including phenoxy) is 4. The Hall–Kier alpha value is -2.56. The van der Waals surface area contributed by atoms with Gasteiger partial charge in [0.15, 0.2) is 11.5 Å². The molecule has 2 aromatic carbocycles. The van der Waals surface area contributed by atoms with Crippen molar-refractivity contribution in [2.24, 2.45) is 0 Å². The Balaban J connectivity index is 2.55. The van der Waals surface area contributed by atoms with Gasteiger partial charge in [-0.15, -0.1) is 0 Å². The van der Waals surface area contributed by atoms with Gasteiger partial charge in [0.25, 0.3) is 0 Å². The second-order valence-corrected chi connectivity index (χ2v) is 4.82. The Morgan fingerprint density at radius 3 is 2.00 bits per heavy atom. The number of benzene rings is 2. The third-order valence-electron chi connectivity index (χ3n) is 3.66. The average molecular weight is 317 g/mol. The first-order valence-corrected chi connectivity index (χ1v) is 7.40. The fourth-order valence-electron chi connectivity index (χ4n) is 2.49. The molecule has 5 heteroatoms. The van der Waals surface area contributed by atoms with Crippen LogP contribution >= 0.6 is 0 Å². The summed E-state index contributed by atoms with van der Waals surface area (Å²) in [6.45, 7) is 2.84. The summed E-state index contributed by atoms with van der Waals surface area (Å²) in [6.07, 6.45) is 0. The van der Waals surface area contributed by atoms with E-state index >= 15 is 0 Å². The molecule has 0 unspecified atom stereocenters. The number of nitrogens with zero attached hydrogens (tertiary/aromatic N) is 1. The minimum Gasteiger partial charge on any atom is -0.497 e. The summed E-state index contributed by atoms with van der Waals surface area (Å²) in [5.74, 6) is 2.81. The van der Waals surface area contributed by atoms with E-state index < -0.39 is 0 Å². The van der Waals surface area contributed by atoms with Crippen LogP contribution in [-0.2, 0) is 0 Å². The van der Waals surface area contributed by atoms with Gasteiger partial charge in [0.1, 0.15) is 11.5 Å². The van der Waals surface area contributed by atoms with Crippen molar-refractivity contribution in [3.8, 4) is 23.0 Å². The number of hydrogen-bond acceptors (Lipinski definition) is 5. The maximum Gasteiger partial charge on any atom is 0.164 e. The number of anilines is 2. The third kappa shape index (κ3) is 3.44. The lowest BCUT2D eigenvalue weighted by molar-refractivity contribution is 0.349. The molecule has 124 valence electrons. The average Bonchev–Trinajstić information content (AvgIpc) is 2.61. The van der Waals surface area contributed by atoms with Crippen molar-refractivity contribution in [1.29, 1.82) is 0 Å². The quantitative estimate of drug-likeness (QED) is 0.775. The van der Waals surface area contributed by atoms with E-state index in [0.717, 1.165) is 23.7 Å². The Labute approximate surface area is 137 Å². The van der Waals surface area contributed by atoms with E-state index in [0.29, 0.717) is 17.2 Å². The van der Waals surface area contributed by atoms with E-state index in [1.807, 2.05) is 36.4 Å². The van der Waals surface area contributed by atoms with Crippen molar-refractivity contribution < 1.29 is 18.9 Å². The molecule has 0 radical (unpaired) electrons. The van der Waals surface area contributed by atoms with Gasteiger partial charge in [-0.1, -0.05) is 6.07 Å². The first-order valence-electron chi connectivity index (χ1n) is 7.40. The molecule has 2 aromatic rings. The highest BCUT2D eigenvalue weighted by Crippen LogP contribution is 2.42. The van der Waals surface area contributed by atoms with Crippen molar-refractivity contribution in [3.63, 3.8) is 0 Å². The van der Waals surface area contributed by atoms with Crippen LogP contribution in [0, 0.1) is 0 Å². The van der Waals surface area contributed by atoms with Gasteiger partial charge in [-0.3, -0.25) is 0 Å². The zero-order chi connectivity index (χ0) is 16.8. The zero-order valence-corrected chi connectivity index (χ0v) is 14.3. The molecule has 0 saturated carbocycles. The fourth-order valence-corrected chi connectivity index (χ4v) is 2.49. The van der Waals surface area contributed by atoms with Gasteiger partial charge in [0.05, 0.1) is 34.1 Å². The van der Waals surface area contributed by atoms with Gasteiger partial charge < -0.3 is 23.8 Å². The monoisotopic (exact) mass is 317 g/mol. The molecule has 0 atom stereocenters. The topological polar surface area (TPSA) is 40.2 Å². The maximum absolute atomic E-state index is 5.54. The summed E-state index contributed by atoms with van der Waals surface area (Å²) in [4.78, 5) is 2.13. The molecule has 0 amide bonds. The largest absolute Gasteiger partial charge is 0.497 e. The molecule has 23 heavy (non-hydrogen) atoms. The Kier molecular flexibility index (Phi) is 5.57. The van der Waals surface area contributed by atoms with Crippen LogP contribution < -0.4 is 23.8 Å². The van der Waals surface area contributed by atoms with Crippen LogP contribution in [-0.4, -0.2) is 35.0 Å². The lowest BCUT2D eigenvalue weighted by atomic mass is 10.2. The van der Waals surface area contributed by atoms with Crippen LogP contribution in [0.15, 0.2) is 36.4 Å². The minimum absolute atomic E-state index is 0.634. The smallest absolute Gasteiger partial charge is 0.164 e. The summed E-state index contributed by atoms with van der Waals surface area (Å²) in [5, 5.41) is 0. The van der Waals surface area contributed by atoms with Crippen molar-refractivity contribution in [1.82, 2.24) is 0 Å². The first-order chi connectivity index (χ1) is 11.2. The summed E-state index contributed by atoms with van der Waals surface area (Å²) < 4.78 is 21.6. The van der Waals surface area contributed by atoms with Gasteiger partial charge in [-0.25, -0.2) is 0 Å². The van der Waals surface area contributed by atoms with E-state index in [-0.39, 0.29) is 0 Å². The molecule has 0 aliphatic carbocycles. The zero-order valence-electron chi connectivity index (χ0n) is 14.3. The lowest BCUT2D eigenvalue weighted by Crippen LogP contribution is -2.17. The lowest BCUT2D eigenvalue weighted by Gasteiger charge is -2.26. The standard InChI is InChI=1S/C18H23NO4/c1-6-19(13-8-7-9-14(10-13)20-2)15-11-17(22-4)18(23-5)12-16(15)21-3/h7-12H,6H2,1-5H3.